The molecule has 0 N–H and O–H groups in total. The third-order valence-corrected chi connectivity index (χ3v) is 2.60. The second-order valence-electron chi connectivity index (χ2n) is 3.47. The topological polar surface area (TPSA) is 47.6 Å². The molecule has 0 unspecified atom stereocenters. The zero-order valence-corrected chi connectivity index (χ0v) is 7.42. The Hall–Kier alpha value is -1.87. The minimum absolute atomic E-state index is 0.0200. The first-order valence-electron chi connectivity index (χ1n) is 4.34. The predicted molar refractivity (Wildman–Crippen MR) is 47.6 cm³/mol. The first kappa shape index (κ1) is 8.72. The molecule has 14 heavy (non-hydrogen) atoms. The van der Waals surface area contributed by atoms with Gasteiger partial charge in [-0.2, -0.15) is 10.5 Å². The van der Waals surface area contributed by atoms with Gasteiger partial charge < -0.3 is 0 Å². The van der Waals surface area contributed by atoms with Crippen molar-refractivity contribution in [2.45, 2.75) is 18.3 Å². The molecule has 1 aliphatic carbocycles. The highest BCUT2D eigenvalue weighted by Gasteiger charge is 2.46. The van der Waals surface area contributed by atoms with E-state index >= 15 is 0 Å². The van der Waals surface area contributed by atoms with Crippen LogP contribution in [0.15, 0.2) is 18.2 Å². The number of benzene rings is 1. The second-order valence-corrected chi connectivity index (χ2v) is 3.47. The fourth-order valence-corrected chi connectivity index (χ4v) is 1.60. The molecule has 1 fully saturated rings. The summed E-state index contributed by atoms with van der Waals surface area (Å²) in [6, 6.07) is 8.43. The molecular weight excluding hydrogens is 179 g/mol. The van der Waals surface area contributed by atoms with Crippen LogP contribution in [-0.4, -0.2) is 0 Å². The van der Waals surface area contributed by atoms with Crippen molar-refractivity contribution in [2.24, 2.45) is 0 Å². The Morgan fingerprint density at radius 1 is 1.29 bits per heavy atom. The van der Waals surface area contributed by atoms with Gasteiger partial charge in [0.15, 0.2) is 0 Å². The average Bonchev–Trinajstić information content (AvgIpc) is 2.98. The van der Waals surface area contributed by atoms with Crippen molar-refractivity contribution in [2.75, 3.05) is 0 Å². The maximum Gasteiger partial charge on any atom is 0.141 e. The summed E-state index contributed by atoms with van der Waals surface area (Å²) in [4.78, 5) is 0. The summed E-state index contributed by atoms with van der Waals surface area (Å²) >= 11 is 0. The van der Waals surface area contributed by atoms with E-state index in [9.17, 15) is 4.39 Å². The highest BCUT2D eigenvalue weighted by Crippen LogP contribution is 2.48. The molecule has 68 valence electrons. The van der Waals surface area contributed by atoms with Gasteiger partial charge in [-0.25, -0.2) is 4.39 Å². The molecule has 0 aliphatic heterocycles. The summed E-state index contributed by atoms with van der Waals surface area (Å²) in [6.07, 6.45) is 1.45. The molecule has 0 radical (unpaired) electrons. The number of halogens is 1. The third-order valence-electron chi connectivity index (χ3n) is 2.60. The SMILES string of the molecule is N#Cc1c(F)cccc1C1(C#N)CC1. The highest BCUT2D eigenvalue weighted by molar-refractivity contribution is 5.49. The minimum atomic E-state index is -0.590. The number of nitriles is 2. The highest BCUT2D eigenvalue weighted by atomic mass is 19.1. The lowest BCUT2D eigenvalue weighted by molar-refractivity contribution is 0.619. The van der Waals surface area contributed by atoms with Crippen LogP contribution in [0.4, 0.5) is 4.39 Å². The molecule has 0 atom stereocenters. The van der Waals surface area contributed by atoms with E-state index in [1.165, 1.54) is 6.07 Å². The van der Waals surface area contributed by atoms with E-state index in [4.69, 9.17) is 10.5 Å². The lowest BCUT2D eigenvalue weighted by atomic mass is 9.93. The molecule has 0 aromatic heterocycles. The Balaban J connectivity index is 2.61. The standard InChI is InChI=1S/C11H7FN2/c12-10-3-1-2-9(8(10)6-13)11(7-14)4-5-11/h1-3H,4-5H2. The largest absolute Gasteiger partial charge is 0.206 e. The molecule has 2 rings (SSSR count). The Bertz CT molecular complexity index is 461. The Morgan fingerprint density at radius 3 is 2.50 bits per heavy atom. The van der Waals surface area contributed by atoms with Crippen molar-refractivity contribution < 1.29 is 4.39 Å². The number of hydrogen-bond acceptors (Lipinski definition) is 2. The molecule has 1 aromatic rings. The smallest absolute Gasteiger partial charge is 0.141 e. The quantitative estimate of drug-likeness (QED) is 0.675. The Kier molecular flexibility index (Phi) is 1.75. The van der Waals surface area contributed by atoms with Gasteiger partial charge in [0, 0.05) is 0 Å². The van der Waals surface area contributed by atoms with Crippen LogP contribution in [-0.2, 0) is 5.41 Å². The molecular formula is C11H7FN2. The van der Waals surface area contributed by atoms with Crippen LogP contribution < -0.4 is 0 Å². The number of hydrogen-bond donors (Lipinski definition) is 0. The fourth-order valence-electron chi connectivity index (χ4n) is 1.60. The Morgan fingerprint density at radius 2 is 2.00 bits per heavy atom. The maximum absolute atomic E-state index is 13.2. The van der Waals surface area contributed by atoms with Crippen LogP contribution in [0.2, 0.25) is 0 Å². The molecule has 2 nitrogen and oxygen atoms in total. The molecule has 0 spiro atoms. The molecule has 0 heterocycles. The molecule has 1 aliphatic rings. The molecule has 1 saturated carbocycles. The molecule has 0 saturated heterocycles. The van der Waals surface area contributed by atoms with E-state index in [1.54, 1.807) is 12.1 Å². The average molecular weight is 186 g/mol. The predicted octanol–water partition coefficient (Wildman–Crippen LogP) is 2.25. The van der Waals surface area contributed by atoms with Gasteiger partial charge in [-0.1, -0.05) is 12.1 Å². The van der Waals surface area contributed by atoms with Gasteiger partial charge in [-0.3, -0.25) is 0 Å². The van der Waals surface area contributed by atoms with Crippen LogP contribution in [0, 0.1) is 28.5 Å². The van der Waals surface area contributed by atoms with E-state index in [-0.39, 0.29) is 5.56 Å². The summed E-state index contributed by atoms with van der Waals surface area (Å²) < 4.78 is 13.2. The van der Waals surface area contributed by atoms with Crippen molar-refractivity contribution >= 4 is 0 Å². The van der Waals surface area contributed by atoms with Crippen LogP contribution in [0.3, 0.4) is 0 Å². The maximum atomic E-state index is 13.2. The lowest BCUT2D eigenvalue weighted by Gasteiger charge is -2.08. The summed E-state index contributed by atoms with van der Waals surface area (Å²) in [7, 11) is 0. The molecule has 0 bridgehead atoms. The first-order valence-corrected chi connectivity index (χ1v) is 4.34. The van der Waals surface area contributed by atoms with Gasteiger partial charge in [-0.15, -0.1) is 0 Å². The van der Waals surface area contributed by atoms with Crippen LogP contribution in [0.5, 0.6) is 0 Å². The van der Waals surface area contributed by atoms with Crippen LogP contribution in [0.25, 0.3) is 0 Å². The van der Waals surface area contributed by atoms with E-state index in [0.29, 0.717) is 5.56 Å². The molecule has 1 aromatic carbocycles. The van der Waals surface area contributed by atoms with Gasteiger partial charge in [0.1, 0.15) is 11.9 Å². The zero-order valence-electron chi connectivity index (χ0n) is 7.42. The van der Waals surface area contributed by atoms with Crippen molar-refractivity contribution in [3.8, 4) is 12.1 Å². The summed E-state index contributed by atoms with van der Waals surface area (Å²) in [5, 5.41) is 17.7. The monoisotopic (exact) mass is 186 g/mol. The summed E-state index contributed by atoms with van der Waals surface area (Å²) in [5.41, 5.74) is -0.0262. The van der Waals surface area contributed by atoms with Crippen LogP contribution >= 0.6 is 0 Å². The van der Waals surface area contributed by atoms with Crippen molar-refractivity contribution in [1.29, 1.82) is 10.5 Å². The normalized spacial score (nSPS) is 16.8. The molecule has 0 amide bonds. The lowest BCUT2D eigenvalue weighted by Crippen LogP contribution is -2.06. The van der Waals surface area contributed by atoms with Gasteiger partial charge in [0.05, 0.1) is 17.0 Å². The van der Waals surface area contributed by atoms with E-state index in [2.05, 4.69) is 6.07 Å². The first-order chi connectivity index (χ1) is 6.73. The van der Waals surface area contributed by atoms with Gasteiger partial charge in [-0.05, 0) is 24.5 Å². The molecule has 3 heteroatoms. The van der Waals surface area contributed by atoms with Crippen molar-refractivity contribution in [1.82, 2.24) is 0 Å². The van der Waals surface area contributed by atoms with Gasteiger partial charge in [0.25, 0.3) is 0 Å². The summed E-state index contributed by atoms with van der Waals surface area (Å²) in [5.74, 6) is -0.536. The second kappa shape index (κ2) is 2.82. The van der Waals surface area contributed by atoms with E-state index in [0.717, 1.165) is 12.8 Å². The third kappa shape index (κ3) is 1.07. The van der Waals surface area contributed by atoms with E-state index < -0.39 is 11.2 Å². The Labute approximate surface area is 81.2 Å². The van der Waals surface area contributed by atoms with Crippen molar-refractivity contribution in [3.05, 3.63) is 35.1 Å². The zero-order chi connectivity index (χ0) is 10.2. The van der Waals surface area contributed by atoms with Crippen molar-refractivity contribution in [3.63, 3.8) is 0 Å². The van der Waals surface area contributed by atoms with Gasteiger partial charge in [0.2, 0.25) is 0 Å². The number of nitrogens with zero attached hydrogens (tertiary/aromatic N) is 2. The fraction of sp³-hybridized carbons (Fsp3) is 0.273. The number of rotatable bonds is 1. The minimum Gasteiger partial charge on any atom is -0.206 e. The summed E-state index contributed by atoms with van der Waals surface area (Å²) in [6.45, 7) is 0. The van der Waals surface area contributed by atoms with E-state index in [1.807, 2.05) is 6.07 Å². The van der Waals surface area contributed by atoms with Crippen LogP contribution in [0.1, 0.15) is 24.0 Å². The van der Waals surface area contributed by atoms with Gasteiger partial charge >= 0.3 is 0 Å².